The molecule has 3 aromatic rings. The molecule has 126 valence electrons. The number of aromatic nitrogens is 2. The summed E-state index contributed by atoms with van der Waals surface area (Å²) in [4.78, 5) is 23.2. The van der Waals surface area contributed by atoms with E-state index in [1.165, 1.54) is 12.3 Å². The Labute approximate surface area is 148 Å². The van der Waals surface area contributed by atoms with Crippen LogP contribution in [0.2, 0.25) is 0 Å². The zero-order valence-electron chi connectivity index (χ0n) is 13.6. The number of allylic oxidation sites excluding steroid dienone is 3. The maximum Gasteiger partial charge on any atom is 0.262 e. The van der Waals surface area contributed by atoms with Crippen molar-refractivity contribution in [2.75, 3.05) is 5.73 Å². The second kappa shape index (κ2) is 5.23. The Balaban J connectivity index is 1.75. The van der Waals surface area contributed by atoms with Crippen LogP contribution < -0.4 is 5.73 Å². The lowest BCUT2D eigenvalue weighted by Gasteiger charge is -2.19. The first kappa shape index (κ1) is 14.8. The number of halogens is 1. The molecule has 0 spiro atoms. The fraction of sp³-hybridized carbons (Fsp3) is 0.0500. The van der Waals surface area contributed by atoms with Crippen molar-refractivity contribution in [3.63, 3.8) is 0 Å². The number of anilines is 1. The molecule has 0 saturated heterocycles. The van der Waals surface area contributed by atoms with Gasteiger partial charge in [0.25, 0.3) is 5.91 Å². The first-order chi connectivity index (χ1) is 12.6. The van der Waals surface area contributed by atoms with E-state index in [1.807, 2.05) is 18.2 Å². The average molecular weight is 344 g/mol. The quantitative estimate of drug-likeness (QED) is 0.773. The number of benzene rings is 1. The monoisotopic (exact) mass is 344 g/mol. The molecule has 1 aliphatic heterocycles. The summed E-state index contributed by atoms with van der Waals surface area (Å²) >= 11 is 0. The summed E-state index contributed by atoms with van der Waals surface area (Å²) in [5.74, 6) is -0.583. The minimum absolute atomic E-state index is 0.156. The highest BCUT2D eigenvalue weighted by Gasteiger charge is 2.34. The molecule has 1 aliphatic carbocycles. The maximum atomic E-state index is 14.3. The third kappa shape index (κ3) is 1.92. The van der Waals surface area contributed by atoms with Crippen LogP contribution in [0.4, 0.5) is 10.1 Å². The zero-order chi connectivity index (χ0) is 17.8. The highest BCUT2D eigenvalue weighted by Crippen LogP contribution is 2.38. The van der Waals surface area contributed by atoms with Crippen molar-refractivity contribution < 1.29 is 9.18 Å². The largest absolute Gasteiger partial charge is 0.397 e. The van der Waals surface area contributed by atoms with Gasteiger partial charge in [-0.25, -0.2) is 9.37 Å². The van der Waals surface area contributed by atoms with Gasteiger partial charge in [-0.3, -0.25) is 9.78 Å². The number of para-hydroxylation sites is 1. The predicted molar refractivity (Wildman–Crippen MR) is 96.4 cm³/mol. The van der Waals surface area contributed by atoms with Crippen LogP contribution in [-0.2, 0) is 6.54 Å². The number of nitrogens with zero attached hydrogens (tertiary/aromatic N) is 3. The molecule has 5 nitrogen and oxygen atoms in total. The summed E-state index contributed by atoms with van der Waals surface area (Å²) in [6, 6.07) is 8.22. The lowest BCUT2D eigenvalue weighted by atomic mass is 10.0. The molecule has 0 radical (unpaired) electrons. The second-order valence-corrected chi connectivity index (χ2v) is 6.22. The summed E-state index contributed by atoms with van der Waals surface area (Å²) in [5.41, 5.74) is 9.90. The van der Waals surface area contributed by atoms with E-state index in [1.54, 1.807) is 29.2 Å². The molecule has 6 heteroatoms. The first-order valence-corrected chi connectivity index (χ1v) is 8.17. The van der Waals surface area contributed by atoms with Crippen molar-refractivity contribution in [3.05, 3.63) is 77.5 Å². The van der Waals surface area contributed by atoms with E-state index in [9.17, 15) is 9.18 Å². The van der Waals surface area contributed by atoms with Crippen LogP contribution in [-0.4, -0.2) is 20.8 Å². The van der Waals surface area contributed by atoms with E-state index in [0.29, 0.717) is 40.0 Å². The lowest BCUT2D eigenvalue weighted by Crippen LogP contribution is -2.24. The number of hydrogen-bond acceptors (Lipinski definition) is 4. The molecule has 5 rings (SSSR count). The fourth-order valence-corrected chi connectivity index (χ4v) is 3.42. The molecule has 0 unspecified atom stereocenters. The Kier molecular flexibility index (Phi) is 2.97. The number of carbonyl (C=O) groups is 1. The number of carbonyl (C=O) groups excluding carboxylic acids is 1. The molecule has 1 amide bonds. The third-order valence-corrected chi connectivity index (χ3v) is 4.76. The lowest BCUT2D eigenvalue weighted by molar-refractivity contribution is 0.0831. The Morgan fingerprint density at radius 1 is 1.19 bits per heavy atom. The van der Waals surface area contributed by atoms with Crippen LogP contribution in [0.3, 0.4) is 0 Å². The highest BCUT2D eigenvalue weighted by molar-refractivity contribution is 6.11. The normalized spacial score (nSPS) is 15.2. The van der Waals surface area contributed by atoms with E-state index in [4.69, 9.17) is 5.73 Å². The van der Waals surface area contributed by atoms with Crippen molar-refractivity contribution in [3.8, 4) is 11.3 Å². The van der Waals surface area contributed by atoms with Gasteiger partial charge in [0.05, 0.1) is 29.0 Å². The Morgan fingerprint density at radius 2 is 2.04 bits per heavy atom. The van der Waals surface area contributed by atoms with Crippen LogP contribution in [0.5, 0.6) is 0 Å². The highest BCUT2D eigenvalue weighted by atomic mass is 19.1. The molecule has 0 saturated carbocycles. The van der Waals surface area contributed by atoms with E-state index >= 15 is 0 Å². The number of fused-ring (bicyclic) bond motifs is 2. The number of pyridine rings is 2. The molecule has 0 bridgehead atoms. The Hall–Kier alpha value is -3.54. The number of amides is 1. The van der Waals surface area contributed by atoms with Crippen molar-refractivity contribution in [2.24, 2.45) is 0 Å². The average Bonchev–Trinajstić information content (AvgIpc) is 2.91. The molecule has 3 heterocycles. The van der Waals surface area contributed by atoms with E-state index < -0.39 is 5.82 Å². The van der Waals surface area contributed by atoms with Crippen LogP contribution >= 0.6 is 0 Å². The van der Waals surface area contributed by atoms with Crippen LogP contribution in [0.15, 0.2) is 60.5 Å². The van der Waals surface area contributed by atoms with Crippen molar-refractivity contribution in [2.45, 2.75) is 6.54 Å². The molecule has 26 heavy (non-hydrogen) atoms. The number of hydrogen-bond donors (Lipinski definition) is 1. The van der Waals surface area contributed by atoms with Gasteiger partial charge in [-0.05, 0) is 24.3 Å². The van der Waals surface area contributed by atoms with Gasteiger partial charge >= 0.3 is 0 Å². The molecule has 0 atom stereocenters. The minimum atomic E-state index is -0.427. The summed E-state index contributed by atoms with van der Waals surface area (Å²) < 4.78 is 14.3. The van der Waals surface area contributed by atoms with E-state index in [0.717, 1.165) is 5.70 Å². The van der Waals surface area contributed by atoms with Gasteiger partial charge in [-0.1, -0.05) is 24.3 Å². The van der Waals surface area contributed by atoms with Gasteiger partial charge in [-0.2, -0.15) is 0 Å². The minimum Gasteiger partial charge on any atom is -0.397 e. The van der Waals surface area contributed by atoms with Crippen molar-refractivity contribution >= 4 is 22.5 Å². The third-order valence-electron chi connectivity index (χ3n) is 4.76. The van der Waals surface area contributed by atoms with E-state index in [2.05, 4.69) is 9.97 Å². The smallest absolute Gasteiger partial charge is 0.262 e. The summed E-state index contributed by atoms with van der Waals surface area (Å²) in [7, 11) is 0. The molecular formula is C20H13FN4O. The maximum absolute atomic E-state index is 14.3. The zero-order valence-corrected chi connectivity index (χ0v) is 13.6. The van der Waals surface area contributed by atoms with Crippen molar-refractivity contribution in [1.82, 2.24) is 14.9 Å². The van der Waals surface area contributed by atoms with E-state index in [-0.39, 0.29) is 11.6 Å². The van der Waals surface area contributed by atoms with Crippen LogP contribution in [0, 0.1) is 5.82 Å². The van der Waals surface area contributed by atoms with Crippen molar-refractivity contribution in [1.29, 1.82) is 0 Å². The number of nitrogen functional groups attached to an aromatic ring is 1. The molecular weight excluding hydrogens is 331 g/mol. The summed E-state index contributed by atoms with van der Waals surface area (Å²) in [5, 5.41) is 0.625. The Bertz CT molecular complexity index is 1170. The molecule has 2 aliphatic rings. The second-order valence-electron chi connectivity index (χ2n) is 6.22. The standard InChI is InChI=1S/C20H13FN4O/c21-14-8-3-9-23-19(14)13-7-2-6-12-17(22)16-15(24-18(12)13)10-25(20(16)26)11-4-1-5-11/h1-9H,10H2,(H2,22,24). The van der Waals surface area contributed by atoms with Gasteiger partial charge < -0.3 is 10.6 Å². The molecule has 2 N–H and O–H groups in total. The Morgan fingerprint density at radius 3 is 2.77 bits per heavy atom. The van der Waals surface area contributed by atoms with Gasteiger partial charge in [0.2, 0.25) is 0 Å². The predicted octanol–water partition coefficient (Wildman–Crippen LogP) is 3.43. The topological polar surface area (TPSA) is 72.1 Å². The van der Waals surface area contributed by atoms with Gasteiger partial charge in [0.15, 0.2) is 0 Å². The molecule has 0 fully saturated rings. The summed E-state index contributed by atoms with van der Waals surface area (Å²) in [6.07, 6.45) is 7.15. The molecule has 2 aromatic heterocycles. The van der Waals surface area contributed by atoms with Gasteiger partial charge in [0, 0.05) is 22.8 Å². The first-order valence-electron chi connectivity index (χ1n) is 8.17. The number of rotatable bonds is 2. The van der Waals surface area contributed by atoms with Gasteiger partial charge in [-0.15, -0.1) is 0 Å². The fourth-order valence-electron chi connectivity index (χ4n) is 3.42. The number of nitrogens with two attached hydrogens (primary N) is 1. The summed E-state index contributed by atoms with van der Waals surface area (Å²) in [6.45, 7) is 0.351. The van der Waals surface area contributed by atoms with Gasteiger partial charge in [0.1, 0.15) is 11.5 Å². The van der Waals surface area contributed by atoms with Crippen LogP contribution in [0.1, 0.15) is 16.1 Å². The SMILES string of the molecule is Nc1c2c(nc3c(-c4ncccc4F)cccc13)CN(C1=CC=C1)C2=O. The molecule has 1 aromatic carbocycles. The van der Waals surface area contributed by atoms with Crippen LogP contribution in [0.25, 0.3) is 22.2 Å².